The second kappa shape index (κ2) is 5.60. The molecule has 0 aliphatic carbocycles. The van der Waals surface area contributed by atoms with Crippen LogP contribution < -0.4 is 10.6 Å². The smallest absolute Gasteiger partial charge is 0.257 e. The van der Waals surface area contributed by atoms with Crippen molar-refractivity contribution in [2.75, 3.05) is 17.2 Å². The number of nitrogens with one attached hydrogen (secondary N) is 2. The monoisotopic (exact) mass is 284 g/mol. The van der Waals surface area contributed by atoms with Gasteiger partial charge in [0.15, 0.2) is 0 Å². The number of carbonyl (C=O) groups is 1. The van der Waals surface area contributed by atoms with Crippen LogP contribution in [0.15, 0.2) is 30.6 Å². The van der Waals surface area contributed by atoms with Crippen LogP contribution in [0.2, 0.25) is 0 Å². The van der Waals surface area contributed by atoms with Gasteiger partial charge in [0.05, 0.1) is 0 Å². The number of amides is 1. The fourth-order valence-electron chi connectivity index (χ4n) is 2.59. The lowest BCUT2D eigenvalue weighted by atomic mass is 10.1. The zero-order valence-electron chi connectivity index (χ0n) is 12.4. The van der Waals surface area contributed by atoms with Crippen molar-refractivity contribution in [1.29, 1.82) is 0 Å². The molecule has 0 bridgehead atoms. The highest BCUT2D eigenvalue weighted by molar-refractivity contribution is 6.03. The topological polar surface area (TPSA) is 59.0 Å². The van der Waals surface area contributed by atoms with E-state index in [1.807, 2.05) is 29.0 Å². The van der Waals surface area contributed by atoms with Crippen LogP contribution in [-0.4, -0.2) is 22.0 Å². The minimum Gasteiger partial charge on any atom is -0.384 e. The summed E-state index contributed by atoms with van der Waals surface area (Å²) in [4.78, 5) is 16.6. The van der Waals surface area contributed by atoms with Crippen LogP contribution in [0.3, 0.4) is 0 Å². The third-order valence-corrected chi connectivity index (χ3v) is 3.58. The maximum Gasteiger partial charge on any atom is 0.257 e. The number of anilines is 2. The molecule has 0 fully saturated rings. The Hall–Kier alpha value is -2.30. The van der Waals surface area contributed by atoms with Gasteiger partial charge in [0, 0.05) is 36.7 Å². The largest absolute Gasteiger partial charge is 0.384 e. The highest BCUT2D eigenvalue weighted by Gasteiger charge is 2.15. The van der Waals surface area contributed by atoms with Crippen molar-refractivity contribution in [2.45, 2.75) is 26.8 Å². The summed E-state index contributed by atoms with van der Waals surface area (Å²) < 4.78 is 1.97. The normalized spacial score (nSPS) is 13.1. The Morgan fingerprint density at radius 2 is 2.33 bits per heavy atom. The first-order valence-corrected chi connectivity index (χ1v) is 7.33. The predicted octanol–water partition coefficient (Wildman–Crippen LogP) is 2.76. The van der Waals surface area contributed by atoms with Crippen LogP contribution in [0.1, 0.15) is 29.8 Å². The average Bonchev–Trinajstić information content (AvgIpc) is 3.06. The van der Waals surface area contributed by atoms with Gasteiger partial charge in [0.1, 0.15) is 0 Å². The third kappa shape index (κ3) is 2.91. The van der Waals surface area contributed by atoms with Crippen LogP contribution in [0.25, 0.3) is 0 Å². The molecular formula is C16H20N4O. The average molecular weight is 284 g/mol. The van der Waals surface area contributed by atoms with Crippen molar-refractivity contribution in [1.82, 2.24) is 9.55 Å². The van der Waals surface area contributed by atoms with Crippen LogP contribution in [0.4, 0.5) is 11.6 Å². The summed E-state index contributed by atoms with van der Waals surface area (Å²) in [7, 11) is 0. The standard InChI is InChI=1S/C16H20N4O/c1-11(2)10-20-8-7-18-16(20)19-15(21)13-3-4-14-12(9-13)5-6-17-14/h3-4,7-9,11,17H,5-6,10H2,1-2H3,(H,18,19,21). The van der Waals surface area contributed by atoms with E-state index in [-0.39, 0.29) is 5.91 Å². The van der Waals surface area contributed by atoms with Crippen LogP contribution in [-0.2, 0) is 13.0 Å². The summed E-state index contributed by atoms with van der Waals surface area (Å²) >= 11 is 0. The highest BCUT2D eigenvalue weighted by atomic mass is 16.1. The summed E-state index contributed by atoms with van der Waals surface area (Å²) in [6.45, 7) is 6.06. The SMILES string of the molecule is CC(C)Cn1ccnc1NC(=O)c1ccc2c(c1)CCN2. The molecule has 1 aromatic heterocycles. The molecule has 0 spiro atoms. The molecule has 0 atom stereocenters. The molecule has 0 unspecified atom stereocenters. The van der Waals surface area contributed by atoms with Crippen molar-refractivity contribution in [2.24, 2.45) is 5.92 Å². The number of rotatable bonds is 4. The minimum atomic E-state index is -0.110. The van der Waals surface area contributed by atoms with Crippen molar-refractivity contribution >= 4 is 17.5 Å². The second-order valence-electron chi connectivity index (χ2n) is 5.80. The fraction of sp³-hybridized carbons (Fsp3) is 0.375. The number of nitrogens with zero attached hydrogens (tertiary/aromatic N) is 2. The summed E-state index contributed by atoms with van der Waals surface area (Å²) in [6, 6.07) is 5.78. The molecule has 5 heteroatoms. The molecule has 0 saturated carbocycles. The fourth-order valence-corrected chi connectivity index (χ4v) is 2.59. The molecule has 1 aliphatic rings. The Morgan fingerprint density at radius 3 is 3.14 bits per heavy atom. The van der Waals surface area contributed by atoms with Crippen molar-refractivity contribution in [3.63, 3.8) is 0 Å². The maximum absolute atomic E-state index is 12.4. The first kappa shape index (κ1) is 13.7. The van der Waals surface area contributed by atoms with E-state index in [0.717, 1.165) is 25.2 Å². The summed E-state index contributed by atoms with van der Waals surface area (Å²) in [6.07, 6.45) is 4.57. The third-order valence-electron chi connectivity index (χ3n) is 3.58. The lowest BCUT2D eigenvalue weighted by molar-refractivity contribution is 0.102. The van der Waals surface area contributed by atoms with Gasteiger partial charge in [-0.2, -0.15) is 0 Å². The molecule has 2 heterocycles. The molecule has 21 heavy (non-hydrogen) atoms. The molecule has 1 aromatic carbocycles. The van der Waals surface area contributed by atoms with E-state index >= 15 is 0 Å². The Labute approximate surface area is 124 Å². The van der Waals surface area contributed by atoms with Crippen molar-refractivity contribution in [3.05, 3.63) is 41.7 Å². The molecule has 0 saturated heterocycles. The zero-order chi connectivity index (χ0) is 14.8. The van der Waals surface area contributed by atoms with E-state index in [1.165, 1.54) is 5.56 Å². The Balaban J connectivity index is 1.76. The Bertz CT molecular complexity index is 660. The molecule has 1 aliphatic heterocycles. The molecule has 5 nitrogen and oxygen atoms in total. The van der Waals surface area contributed by atoms with E-state index in [1.54, 1.807) is 6.20 Å². The maximum atomic E-state index is 12.4. The van der Waals surface area contributed by atoms with Gasteiger partial charge < -0.3 is 9.88 Å². The summed E-state index contributed by atoms with van der Waals surface area (Å²) in [5, 5.41) is 6.19. The van der Waals surface area contributed by atoms with E-state index in [4.69, 9.17) is 0 Å². The number of hydrogen-bond donors (Lipinski definition) is 2. The van der Waals surface area contributed by atoms with Crippen LogP contribution in [0.5, 0.6) is 0 Å². The van der Waals surface area contributed by atoms with E-state index in [9.17, 15) is 4.79 Å². The molecule has 3 rings (SSSR count). The molecule has 1 amide bonds. The lowest BCUT2D eigenvalue weighted by Crippen LogP contribution is -2.17. The highest BCUT2D eigenvalue weighted by Crippen LogP contribution is 2.23. The molecule has 110 valence electrons. The van der Waals surface area contributed by atoms with Crippen LogP contribution in [0, 0.1) is 5.92 Å². The van der Waals surface area contributed by atoms with Gasteiger partial charge in [-0.25, -0.2) is 4.98 Å². The quantitative estimate of drug-likeness (QED) is 0.907. The van der Waals surface area contributed by atoms with Gasteiger partial charge in [-0.15, -0.1) is 0 Å². The minimum absolute atomic E-state index is 0.110. The van der Waals surface area contributed by atoms with E-state index in [0.29, 0.717) is 17.4 Å². The lowest BCUT2D eigenvalue weighted by Gasteiger charge is -2.11. The van der Waals surface area contributed by atoms with Gasteiger partial charge in [-0.3, -0.25) is 10.1 Å². The van der Waals surface area contributed by atoms with Crippen molar-refractivity contribution < 1.29 is 4.79 Å². The number of benzene rings is 1. The Kier molecular flexibility index (Phi) is 3.64. The first-order valence-electron chi connectivity index (χ1n) is 7.33. The Morgan fingerprint density at radius 1 is 1.48 bits per heavy atom. The van der Waals surface area contributed by atoms with Crippen molar-refractivity contribution in [3.8, 4) is 0 Å². The molecule has 2 aromatic rings. The van der Waals surface area contributed by atoms with E-state index in [2.05, 4.69) is 29.5 Å². The first-order chi connectivity index (χ1) is 10.1. The number of fused-ring (bicyclic) bond motifs is 1. The number of aromatic nitrogens is 2. The van der Waals surface area contributed by atoms with Gasteiger partial charge in [0.2, 0.25) is 5.95 Å². The number of imidazole rings is 1. The second-order valence-corrected chi connectivity index (χ2v) is 5.80. The van der Waals surface area contributed by atoms with Gasteiger partial charge in [-0.1, -0.05) is 13.8 Å². The number of carbonyl (C=O) groups excluding carboxylic acids is 1. The molecule has 2 N–H and O–H groups in total. The summed E-state index contributed by atoms with van der Waals surface area (Å²) in [5.41, 5.74) is 3.01. The molecular weight excluding hydrogens is 264 g/mol. The van der Waals surface area contributed by atoms with Gasteiger partial charge >= 0.3 is 0 Å². The van der Waals surface area contributed by atoms with Gasteiger partial charge in [-0.05, 0) is 36.1 Å². The van der Waals surface area contributed by atoms with E-state index < -0.39 is 0 Å². The summed E-state index contributed by atoms with van der Waals surface area (Å²) in [5.74, 6) is 0.995. The predicted molar refractivity (Wildman–Crippen MR) is 83.7 cm³/mol. The number of hydrogen-bond acceptors (Lipinski definition) is 3. The van der Waals surface area contributed by atoms with Gasteiger partial charge in [0.25, 0.3) is 5.91 Å². The van der Waals surface area contributed by atoms with Crippen LogP contribution >= 0.6 is 0 Å². The zero-order valence-corrected chi connectivity index (χ0v) is 12.4. The molecule has 0 radical (unpaired) electrons.